The molecule has 2 amide bonds. The highest BCUT2D eigenvalue weighted by atomic mass is 16.5. The van der Waals surface area contributed by atoms with Crippen molar-refractivity contribution in [2.24, 2.45) is 0 Å². The number of likely N-dealkylation sites (N-methyl/N-ethyl adjacent to an activating group) is 1. The van der Waals surface area contributed by atoms with Crippen LogP contribution in [0.15, 0.2) is 24.3 Å². The Morgan fingerprint density at radius 2 is 2.00 bits per heavy atom. The standard InChI is InChI=1S/C18H27N3O3/c1-13(2)24-17-8-6-5-7-15(17)11-20-9-10-21(14(3)22)16(12-20)18(23)19-4/h5-8,13,16H,9-12H2,1-4H3,(H,19,23). The van der Waals surface area contributed by atoms with E-state index >= 15 is 0 Å². The van der Waals surface area contributed by atoms with Gasteiger partial charge in [-0.1, -0.05) is 18.2 Å². The van der Waals surface area contributed by atoms with E-state index in [1.807, 2.05) is 38.1 Å². The molecule has 1 aromatic rings. The molecule has 1 saturated heterocycles. The van der Waals surface area contributed by atoms with Crippen LogP contribution in [0.2, 0.25) is 0 Å². The molecular weight excluding hydrogens is 306 g/mol. The van der Waals surface area contributed by atoms with Crippen LogP contribution in [0.4, 0.5) is 0 Å². The summed E-state index contributed by atoms with van der Waals surface area (Å²) in [5.41, 5.74) is 1.10. The van der Waals surface area contributed by atoms with Gasteiger partial charge in [-0.15, -0.1) is 0 Å². The molecule has 1 N–H and O–H groups in total. The molecule has 0 aliphatic carbocycles. The van der Waals surface area contributed by atoms with Gasteiger partial charge >= 0.3 is 0 Å². The summed E-state index contributed by atoms with van der Waals surface area (Å²) in [7, 11) is 1.60. The topological polar surface area (TPSA) is 61.9 Å². The highest BCUT2D eigenvalue weighted by Crippen LogP contribution is 2.22. The van der Waals surface area contributed by atoms with Crippen molar-refractivity contribution >= 4 is 11.8 Å². The van der Waals surface area contributed by atoms with Crippen LogP contribution >= 0.6 is 0 Å². The third-order valence-corrected chi connectivity index (χ3v) is 4.15. The second kappa shape index (κ2) is 8.15. The molecule has 1 aliphatic heterocycles. The van der Waals surface area contributed by atoms with Crippen LogP contribution in [0.5, 0.6) is 5.75 Å². The van der Waals surface area contributed by atoms with Crippen LogP contribution in [0.25, 0.3) is 0 Å². The molecule has 1 heterocycles. The number of para-hydroxylation sites is 1. The molecule has 1 aromatic carbocycles. The molecule has 0 aromatic heterocycles. The Kier molecular flexibility index (Phi) is 6.20. The fourth-order valence-corrected chi connectivity index (χ4v) is 3.00. The predicted molar refractivity (Wildman–Crippen MR) is 92.7 cm³/mol. The van der Waals surface area contributed by atoms with Gasteiger partial charge < -0.3 is 15.0 Å². The summed E-state index contributed by atoms with van der Waals surface area (Å²) in [5, 5.41) is 2.66. The second-order valence-corrected chi connectivity index (χ2v) is 6.35. The first-order chi connectivity index (χ1) is 11.4. The lowest BCUT2D eigenvalue weighted by molar-refractivity contribution is -0.142. The lowest BCUT2D eigenvalue weighted by atomic mass is 10.1. The van der Waals surface area contributed by atoms with E-state index in [1.165, 1.54) is 6.92 Å². The molecule has 24 heavy (non-hydrogen) atoms. The SMILES string of the molecule is CNC(=O)C1CN(Cc2ccccc2OC(C)C)CCN1C(C)=O. The Morgan fingerprint density at radius 3 is 2.62 bits per heavy atom. The van der Waals surface area contributed by atoms with Crippen LogP contribution in [0.1, 0.15) is 26.3 Å². The summed E-state index contributed by atoms with van der Waals surface area (Å²) in [6, 6.07) is 7.52. The number of benzene rings is 1. The van der Waals surface area contributed by atoms with E-state index in [0.29, 0.717) is 19.6 Å². The summed E-state index contributed by atoms with van der Waals surface area (Å²) in [4.78, 5) is 27.8. The van der Waals surface area contributed by atoms with E-state index in [-0.39, 0.29) is 17.9 Å². The van der Waals surface area contributed by atoms with E-state index in [2.05, 4.69) is 10.2 Å². The highest BCUT2D eigenvalue weighted by molar-refractivity contribution is 5.87. The van der Waals surface area contributed by atoms with Gasteiger partial charge in [0.25, 0.3) is 0 Å². The molecule has 1 atom stereocenters. The minimum atomic E-state index is -0.445. The maximum absolute atomic E-state index is 12.1. The molecule has 1 aliphatic rings. The number of ether oxygens (including phenoxy) is 1. The van der Waals surface area contributed by atoms with Gasteiger partial charge in [-0.2, -0.15) is 0 Å². The summed E-state index contributed by atoms with van der Waals surface area (Å²) >= 11 is 0. The van der Waals surface area contributed by atoms with Gasteiger partial charge in [0.05, 0.1) is 6.10 Å². The Bertz CT molecular complexity index is 589. The number of hydrogen-bond acceptors (Lipinski definition) is 4. The van der Waals surface area contributed by atoms with Crippen molar-refractivity contribution in [3.8, 4) is 5.75 Å². The molecular formula is C18H27N3O3. The molecule has 2 rings (SSSR count). The third-order valence-electron chi connectivity index (χ3n) is 4.15. The molecule has 132 valence electrons. The molecule has 0 radical (unpaired) electrons. The maximum atomic E-state index is 12.1. The summed E-state index contributed by atoms with van der Waals surface area (Å²) < 4.78 is 5.87. The zero-order chi connectivity index (χ0) is 17.7. The first kappa shape index (κ1) is 18.3. The van der Waals surface area contributed by atoms with E-state index < -0.39 is 6.04 Å². The number of nitrogens with one attached hydrogen (secondary N) is 1. The fraction of sp³-hybridized carbons (Fsp3) is 0.556. The highest BCUT2D eigenvalue weighted by Gasteiger charge is 2.33. The van der Waals surface area contributed by atoms with E-state index in [1.54, 1.807) is 11.9 Å². The zero-order valence-corrected chi connectivity index (χ0v) is 14.9. The monoisotopic (exact) mass is 333 g/mol. The molecule has 6 nitrogen and oxygen atoms in total. The van der Waals surface area contributed by atoms with Crippen LogP contribution in [-0.2, 0) is 16.1 Å². The molecule has 1 unspecified atom stereocenters. The van der Waals surface area contributed by atoms with Crippen molar-refractivity contribution < 1.29 is 14.3 Å². The van der Waals surface area contributed by atoms with Crippen molar-refractivity contribution in [3.63, 3.8) is 0 Å². The second-order valence-electron chi connectivity index (χ2n) is 6.35. The number of amides is 2. The lowest BCUT2D eigenvalue weighted by Gasteiger charge is -2.40. The largest absolute Gasteiger partial charge is 0.491 e. The van der Waals surface area contributed by atoms with Gasteiger partial charge in [0.2, 0.25) is 11.8 Å². The molecule has 0 saturated carbocycles. The van der Waals surface area contributed by atoms with E-state index in [0.717, 1.165) is 17.9 Å². The third kappa shape index (κ3) is 4.47. The number of hydrogen-bond donors (Lipinski definition) is 1. The van der Waals surface area contributed by atoms with E-state index in [9.17, 15) is 9.59 Å². The van der Waals surface area contributed by atoms with Gasteiger partial charge in [-0.3, -0.25) is 14.5 Å². The van der Waals surface area contributed by atoms with Gasteiger partial charge in [0.15, 0.2) is 0 Å². The smallest absolute Gasteiger partial charge is 0.243 e. The molecule has 0 spiro atoms. The Hall–Kier alpha value is -2.08. The Morgan fingerprint density at radius 1 is 1.29 bits per heavy atom. The van der Waals surface area contributed by atoms with Crippen molar-refractivity contribution in [3.05, 3.63) is 29.8 Å². The van der Waals surface area contributed by atoms with Gasteiger partial charge in [-0.05, 0) is 19.9 Å². The Balaban J connectivity index is 2.11. The van der Waals surface area contributed by atoms with Gasteiger partial charge in [-0.25, -0.2) is 0 Å². The van der Waals surface area contributed by atoms with Crippen LogP contribution in [0, 0.1) is 0 Å². The summed E-state index contributed by atoms with van der Waals surface area (Å²) in [6.45, 7) is 8.03. The number of carbonyl (C=O) groups is 2. The number of nitrogens with zero attached hydrogens (tertiary/aromatic N) is 2. The Labute approximate surface area is 143 Å². The molecule has 1 fully saturated rings. The summed E-state index contributed by atoms with van der Waals surface area (Å²) in [6.07, 6.45) is 0.110. The van der Waals surface area contributed by atoms with Crippen molar-refractivity contribution in [1.29, 1.82) is 0 Å². The number of rotatable bonds is 5. The van der Waals surface area contributed by atoms with Crippen LogP contribution < -0.4 is 10.1 Å². The predicted octanol–water partition coefficient (Wildman–Crippen LogP) is 1.25. The average molecular weight is 333 g/mol. The van der Waals surface area contributed by atoms with Gasteiger partial charge in [0.1, 0.15) is 11.8 Å². The number of carbonyl (C=O) groups excluding carboxylic acids is 2. The summed E-state index contributed by atoms with van der Waals surface area (Å²) in [5.74, 6) is 0.686. The first-order valence-electron chi connectivity index (χ1n) is 8.38. The minimum absolute atomic E-state index is 0.0632. The van der Waals surface area contributed by atoms with Crippen molar-refractivity contribution in [1.82, 2.24) is 15.1 Å². The average Bonchev–Trinajstić information content (AvgIpc) is 2.55. The quantitative estimate of drug-likeness (QED) is 0.881. The van der Waals surface area contributed by atoms with Crippen LogP contribution in [0.3, 0.4) is 0 Å². The van der Waals surface area contributed by atoms with Gasteiger partial charge in [0, 0.05) is 45.7 Å². The normalized spacial score (nSPS) is 18.5. The lowest BCUT2D eigenvalue weighted by Crippen LogP contribution is -2.59. The fourth-order valence-electron chi connectivity index (χ4n) is 3.00. The van der Waals surface area contributed by atoms with Crippen molar-refractivity contribution in [2.45, 2.75) is 39.5 Å². The zero-order valence-electron chi connectivity index (χ0n) is 14.9. The van der Waals surface area contributed by atoms with Crippen molar-refractivity contribution in [2.75, 3.05) is 26.7 Å². The molecule has 6 heteroatoms. The van der Waals surface area contributed by atoms with Crippen LogP contribution in [-0.4, -0.2) is 60.4 Å². The minimum Gasteiger partial charge on any atom is -0.491 e. The first-order valence-corrected chi connectivity index (χ1v) is 8.38. The molecule has 0 bridgehead atoms. The van der Waals surface area contributed by atoms with E-state index in [4.69, 9.17) is 4.74 Å². The number of piperazine rings is 1. The maximum Gasteiger partial charge on any atom is 0.243 e.